The first-order valence-corrected chi connectivity index (χ1v) is 14.0. The number of carbonyl (C=O) groups excluding carboxylic acids is 1. The summed E-state index contributed by atoms with van der Waals surface area (Å²) >= 11 is 0. The number of carbonyl (C=O) groups is 1. The van der Waals surface area contributed by atoms with Crippen molar-refractivity contribution in [2.45, 2.75) is 18.4 Å². The lowest BCUT2D eigenvalue weighted by molar-refractivity contribution is 0.0948. The highest BCUT2D eigenvalue weighted by Gasteiger charge is 2.19. The Morgan fingerprint density at radius 3 is 2.41 bits per heavy atom. The Labute approximate surface area is 228 Å². The van der Waals surface area contributed by atoms with Crippen LogP contribution in [0.5, 0.6) is 11.5 Å². The van der Waals surface area contributed by atoms with Crippen molar-refractivity contribution >= 4 is 32.5 Å². The van der Waals surface area contributed by atoms with Gasteiger partial charge in [0.15, 0.2) is 11.5 Å². The van der Waals surface area contributed by atoms with E-state index in [4.69, 9.17) is 9.47 Å². The Morgan fingerprint density at radius 1 is 0.949 bits per heavy atom. The van der Waals surface area contributed by atoms with E-state index in [0.717, 1.165) is 17.5 Å². The number of nitrogens with zero attached hydrogens (tertiary/aromatic N) is 2. The highest BCUT2D eigenvalue weighted by Crippen LogP contribution is 2.31. The van der Waals surface area contributed by atoms with Crippen LogP contribution in [-0.2, 0) is 16.6 Å². The maximum Gasteiger partial charge on any atom is 0.264 e. The van der Waals surface area contributed by atoms with Gasteiger partial charge in [-0.05, 0) is 49.0 Å². The number of sulfonamides is 1. The molecule has 9 nitrogen and oxygen atoms in total. The van der Waals surface area contributed by atoms with E-state index in [-0.39, 0.29) is 10.8 Å². The molecule has 4 aromatic rings. The van der Waals surface area contributed by atoms with Crippen molar-refractivity contribution < 1.29 is 22.7 Å². The zero-order chi connectivity index (χ0) is 27.8. The molecular formula is C29H32N4O5S. The van der Waals surface area contributed by atoms with Crippen molar-refractivity contribution in [3.05, 3.63) is 90.1 Å². The summed E-state index contributed by atoms with van der Waals surface area (Å²) in [5.41, 5.74) is 2.18. The fraction of sp³-hybridized carbons (Fsp3) is 0.241. The third-order valence-corrected chi connectivity index (χ3v) is 7.74. The van der Waals surface area contributed by atoms with Crippen LogP contribution >= 0.6 is 0 Å². The summed E-state index contributed by atoms with van der Waals surface area (Å²) in [6.07, 6.45) is 1.56. The maximum absolute atomic E-state index is 13.0. The minimum atomic E-state index is -3.87. The van der Waals surface area contributed by atoms with E-state index >= 15 is 0 Å². The fourth-order valence-corrected chi connectivity index (χ4v) is 5.53. The normalized spacial score (nSPS) is 11.4. The lowest BCUT2D eigenvalue weighted by Crippen LogP contribution is -2.34. The van der Waals surface area contributed by atoms with E-state index in [9.17, 15) is 13.2 Å². The van der Waals surface area contributed by atoms with Gasteiger partial charge in [0.05, 0.1) is 19.7 Å². The molecule has 0 bridgehead atoms. The summed E-state index contributed by atoms with van der Waals surface area (Å²) in [5, 5.41) is 3.66. The summed E-state index contributed by atoms with van der Waals surface area (Å²) in [4.78, 5) is 19.2. The zero-order valence-electron chi connectivity index (χ0n) is 22.2. The van der Waals surface area contributed by atoms with Gasteiger partial charge in [-0.3, -0.25) is 19.4 Å². The molecule has 3 aromatic carbocycles. The van der Waals surface area contributed by atoms with Gasteiger partial charge in [0.1, 0.15) is 4.90 Å². The number of likely N-dealkylation sites (N-methyl/N-ethyl adjacent to an activating group) is 1. The number of benzene rings is 3. The summed E-state index contributed by atoms with van der Waals surface area (Å²) in [5.74, 6) is 1.14. The van der Waals surface area contributed by atoms with Crippen molar-refractivity contribution in [1.29, 1.82) is 0 Å². The van der Waals surface area contributed by atoms with Crippen LogP contribution in [0.15, 0.2) is 83.9 Å². The van der Waals surface area contributed by atoms with Crippen LogP contribution in [-0.4, -0.2) is 58.1 Å². The largest absolute Gasteiger partial charge is 0.493 e. The van der Waals surface area contributed by atoms with E-state index in [1.165, 1.54) is 6.07 Å². The van der Waals surface area contributed by atoms with E-state index in [2.05, 4.69) is 26.8 Å². The van der Waals surface area contributed by atoms with E-state index in [1.54, 1.807) is 56.8 Å². The van der Waals surface area contributed by atoms with E-state index in [1.807, 2.05) is 30.3 Å². The van der Waals surface area contributed by atoms with Gasteiger partial charge < -0.3 is 14.8 Å². The topological polar surface area (TPSA) is 110 Å². The molecule has 0 aliphatic heterocycles. The molecule has 10 heteroatoms. The first kappa shape index (κ1) is 27.9. The van der Waals surface area contributed by atoms with Gasteiger partial charge in [-0.2, -0.15) is 0 Å². The number of rotatable bonds is 12. The van der Waals surface area contributed by atoms with Gasteiger partial charge >= 0.3 is 0 Å². The van der Waals surface area contributed by atoms with Gasteiger partial charge in [-0.15, -0.1) is 0 Å². The van der Waals surface area contributed by atoms with Crippen molar-refractivity contribution in [2.24, 2.45) is 0 Å². The minimum Gasteiger partial charge on any atom is -0.493 e. The predicted molar refractivity (Wildman–Crippen MR) is 152 cm³/mol. The summed E-state index contributed by atoms with van der Waals surface area (Å²) in [7, 11) is -0.641. The van der Waals surface area contributed by atoms with Gasteiger partial charge in [0.25, 0.3) is 15.9 Å². The molecule has 4 rings (SSSR count). The second-order valence-corrected chi connectivity index (χ2v) is 10.4. The van der Waals surface area contributed by atoms with Crippen LogP contribution in [0.1, 0.15) is 22.8 Å². The molecule has 0 spiro atoms. The number of anilines is 1. The second kappa shape index (κ2) is 12.6. The van der Waals surface area contributed by atoms with Gasteiger partial charge in [0.2, 0.25) is 0 Å². The van der Waals surface area contributed by atoms with Gasteiger partial charge in [-0.25, -0.2) is 8.42 Å². The number of amides is 1. The molecule has 2 N–H and O–H groups in total. The molecule has 0 unspecified atom stereocenters. The summed E-state index contributed by atoms with van der Waals surface area (Å²) in [6.45, 7) is 4.58. The number of fused-ring (bicyclic) bond motifs is 1. The predicted octanol–water partition coefficient (Wildman–Crippen LogP) is 4.30. The fourth-order valence-electron chi connectivity index (χ4n) is 4.29. The molecule has 1 aromatic heterocycles. The first-order valence-electron chi connectivity index (χ1n) is 12.5. The Kier molecular flexibility index (Phi) is 9.00. The van der Waals surface area contributed by atoms with Crippen molar-refractivity contribution in [1.82, 2.24) is 15.2 Å². The molecule has 0 radical (unpaired) electrons. The third kappa shape index (κ3) is 6.65. The van der Waals surface area contributed by atoms with Gasteiger partial charge in [0, 0.05) is 48.0 Å². The molecular weight excluding hydrogens is 516 g/mol. The number of pyridine rings is 1. The van der Waals surface area contributed by atoms with Gasteiger partial charge in [-0.1, -0.05) is 37.3 Å². The Bertz CT molecular complexity index is 1540. The molecule has 0 saturated carbocycles. The van der Waals surface area contributed by atoms with Crippen LogP contribution in [0, 0.1) is 0 Å². The lowest BCUT2D eigenvalue weighted by atomic mass is 10.1. The Hall–Kier alpha value is -4.15. The monoisotopic (exact) mass is 548 g/mol. The quantitative estimate of drug-likeness (QED) is 0.272. The first-order chi connectivity index (χ1) is 18.9. The number of para-hydroxylation sites is 2. The van der Waals surface area contributed by atoms with Crippen LogP contribution in [0.25, 0.3) is 10.9 Å². The molecule has 0 aliphatic rings. The minimum absolute atomic E-state index is 0.0921. The number of methoxy groups -OCH3 is 2. The average molecular weight is 549 g/mol. The Balaban J connectivity index is 1.34. The number of ether oxygens (including phenoxy) is 2. The molecule has 0 saturated heterocycles. The molecule has 1 amide bonds. The highest BCUT2D eigenvalue weighted by molar-refractivity contribution is 7.93. The van der Waals surface area contributed by atoms with Crippen molar-refractivity contribution in [2.75, 3.05) is 38.6 Å². The van der Waals surface area contributed by atoms with E-state index < -0.39 is 10.0 Å². The third-order valence-electron chi connectivity index (χ3n) is 6.32. The highest BCUT2D eigenvalue weighted by atomic mass is 32.2. The molecule has 39 heavy (non-hydrogen) atoms. The molecule has 1 heterocycles. The van der Waals surface area contributed by atoms with Crippen LogP contribution in [0.3, 0.4) is 0 Å². The number of nitrogens with one attached hydrogen (secondary N) is 2. The molecule has 204 valence electrons. The number of aromatic nitrogens is 1. The smallest absolute Gasteiger partial charge is 0.264 e. The van der Waals surface area contributed by atoms with E-state index in [0.29, 0.717) is 47.9 Å². The standard InChI is InChI=1S/C29H32N4O5S/c1-4-33(20-23-9-5-11-25(37-2)28(23)38-3)19-18-31-29(34)22-13-15-24(16-14-22)32-39(35,36)26-12-6-8-21-10-7-17-30-27(21)26/h5-17,32H,4,18-20H2,1-3H3,(H,31,34). The average Bonchev–Trinajstić information content (AvgIpc) is 2.96. The summed E-state index contributed by atoms with van der Waals surface area (Å²) < 4.78 is 39.5. The number of hydrogen-bond acceptors (Lipinski definition) is 7. The van der Waals surface area contributed by atoms with Crippen molar-refractivity contribution in [3.8, 4) is 11.5 Å². The summed E-state index contributed by atoms with van der Waals surface area (Å²) in [6, 6.07) is 20.7. The molecule has 0 fully saturated rings. The number of hydrogen-bond donors (Lipinski definition) is 2. The maximum atomic E-state index is 13.0. The van der Waals surface area contributed by atoms with Crippen LogP contribution in [0.4, 0.5) is 5.69 Å². The van der Waals surface area contributed by atoms with Crippen LogP contribution in [0.2, 0.25) is 0 Å². The molecule has 0 aliphatic carbocycles. The van der Waals surface area contributed by atoms with Crippen molar-refractivity contribution in [3.63, 3.8) is 0 Å². The SMILES string of the molecule is CCN(CCNC(=O)c1ccc(NS(=O)(=O)c2cccc3cccnc23)cc1)Cc1cccc(OC)c1OC. The lowest BCUT2D eigenvalue weighted by Gasteiger charge is -2.22. The van der Waals surface area contributed by atoms with Crippen LogP contribution < -0.4 is 19.5 Å². The zero-order valence-corrected chi connectivity index (χ0v) is 23.0. The second-order valence-electron chi connectivity index (χ2n) is 8.79. The Morgan fingerprint density at radius 2 is 1.69 bits per heavy atom. The molecule has 0 atom stereocenters.